The molecule has 0 spiro atoms. The van der Waals surface area contributed by atoms with Gasteiger partial charge in [0.05, 0.1) is 5.52 Å². The molecule has 0 atom stereocenters. The standard InChI is InChI=1S/C31H22FN5O/c1-19-3-5-23(14-21(19)6-4-20-13-22-11-12-33-30(22)35-16-20)31(38)36-25-8-9-26-27(18-37(2)28(26)15-25)24-7-10-29(32)34-17-24/h3,5,7-18H,1-2H3,(H,33,35)(H,36,38). The van der Waals surface area contributed by atoms with Gasteiger partial charge >= 0.3 is 0 Å². The SMILES string of the molecule is Cc1ccc(C(=O)Nc2ccc3c(-c4ccc(F)nc4)cn(C)c3c2)cc1C#Cc1cnc2[nH]ccc2c1. The highest BCUT2D eigenvalue weighted by Crippen LogP contribution is 2.31. The number of anilines is 1. The molecular formula is C31H22FN5O. The number of nitrogens with zero attached hydrogens (tertiary/aromatic N) is 3. The quantitative estimate of drug-likeness (QED) is 0.224. The molecule has 7 heteroatoms. The number of halogens is 1. The second kappa shape index (κ2) is 9.34. The molecule has 38 heavy (non-hydrogen) atoms. The van der Waals surface area contributed by atoms with E-state index in [-0.39, 0.29) is 5.91 Å². The summed E-state index contributed by atoms with van der Waals surface area (Å²) < 4.78 is 15.3. The largest absolute Gasteiger partial charge is 0.350 e. The average Bonchev–Trinajstić information content (AvgIpc) is 3.52. The van der Waals surface area contributed by atoms with Crippen LogP contribution in [0, 0.1) is 24.7 Å². The van der Waals surface area contributed by atoms with Crippen LogP contribution in [0.2, 0.25) is 0 Å². The molecule has 0 aliphatic rings. The van der Waals surface area contributed by atoms with E-state index in [9.17, 15) is 9.18 Å². The molecule has 0 radical (unpaired) electrons. The van der Waals surface area contributed by atoms with Gasteiger partial charge in [-0.05, 0) is 61.0 Å². The summed E-state index contributed by atoms with van der Waals surface area (Å²) in [6, 6.07) is 18.2. The average molecular weight is 500 g/mol. The van der Waals surface area contributed by atoms with E-state index in [4.69, 9.17) is 0 Å². The van der Waals surface area contributed by atoms with Crippen LogP contribution in [0.3, 0.4) is 0 Å². The number of carbonyl (C=O) groups is 1. The zero-order valence-corrected chi connectivity index (χ0v) is 20.7. The van der Waals surface area contributed by atoms with Crippen molar-refractivity contribution in [2.24, 2.45) is 7.05 Å². The summed E-state index contributed by atoms with van der Waals surface area (Å²) in [6.07, 6.45) is 7.07. The molecule has 0 saturated carbocycles. The lowest BCUT2D eigenvalue weighted by Crippen LogP contribution is -2.12. The fourth-order valence-corrected chi connectivity index (χ4v) is 4.48. The van der Waals surface area contributed by atoms with E-state index in [0.717, 1.165) is 49.8 Å². The highest BCUT2D eigenvalue weighted by atomic mass is 19.1. The number of aromatic amines is 1. The zero-order chi connectivity index (χ0) is 26.2. The van der Waals surface area contributed by atoms with Gasteiger partial charge < -0.3 is 14.9 Å². The normalized spacial score (nSPS) is 10.9. The van der Waals surface area contributed by atoms with Crippen molar-refractivity contribution in [1.82, 2.24) is 19.5 Å². The van der Waals surface area contributed by atoms with Crippen LogP contribution in [0.4, 0.5) is 10.1 Å². The molecule has 184 valence electrons. The third kappa shape index (κ3) is 4.40. The summed E-state index contributed by atoms with van der Waals surface area (Å²) in [7, 11) is 1.93. The van der Waals surface area contributed by atoms with E-state index in [0.29, 0.717) is 11.3 Å². The van der Waals surface area contributed by atoms with E-state index in [1.807, 2.05) is 67.3 Å². The molecule has 4 heterocycles. The summed E-state index contributed by atoms with van der Waals surface area (Å²) in [5, 5.41) is 4.98. The molecular weight excluding hydrogens is 477 g/mol. The van der Waals surface area contributed by atoms with Gasteiger partial charge in [-0.3, -0.25) is 4.79 Å². The number of aromatic nitrogens is 4. The number of hydrogen-bond donors (Lipinski definition) is 2. The van der Waals surface area contributed by atoms with Gasteiger partial charge in [0.25, 0.3) is 5.91 Å². The maximum absolute atomic E-state index is 13.3. The van der Waals surface area contributed by atoms with Gasteiger partial charge in [-0.25, -0.2) is 9.97 Å². The fraction of sp³-hybridized carbons (Fsp3) is 0.0645. The molecule has 1 amide bonds. The molecule has 0 unspecified atom stereocenters. The first kappa shape index (κ1) is 23.2. The fourth-order valence-electron chi connectivity index (χ4n) is 4.48. The topological polar surface area (TPSA) is 75.6 Å². The maximum Gasteiger partial charge on any atom is 0.255 e. The Kier molecular flexibility index (Phi) is 5.70. The number of benzene rings is 2. The molecule has 4 aromatic heterocycles. The van der Waals surface area contributed by atoms with Crippen molar-refractivity contribution < 1.29 is 9.18 Å². The molecule has 6 aromatic rings. The molecule has 2 N–H and O–H groups in total. The number of hydrogen-bond acceptors (Lipinski definition) is 3. The van der Waals surface area contributed by atoms with E-state index in [2.05, 4.69) is 32.1 Å². The molecule has 0 aliphatic carbocycles. The lowest BCUT2D eigenvalue weighted by atomic mass is 10.0. The molecule has 6 nitrogen and oxygen atoms in total. The van der Waals surface area contributed by atoms with Gasteiger partial charge in [-0.1, -0.05) is 24.0 Å². The zero-order valence-electron chi connectivity index (χ0n) is 20.7. The lowest BCUT2D eigenvalue weighted by Gasteiger charge is -2.08. The van der Waals surface area contributed by atoms with E-state index in [1.165, 1.54) is 12.3 Å². The van der Waals surface area contributed by atoms with Gasteiger partial charge in [0.15, 0.2) is 0 Å². The Bertz CT molecular complexity index is 1900. The van der Waals surface area contributed by atoms with Gasteiger partial charge in [-0.2, -0.15) is 4.39 Å². The number of amides is 1. The predicted octanol–water partition coefficient (Wildman–Crippen LogP) is 6.22. The minimum Gasteiger partial charge on any atom is -0.350 e. The summed E-state index contributed by atoms with van der Waals surface area (Å²) in [5.41, 5.74) is 7.29. The van der Waals surface area contributed by atoms with Gasteiger partial charge in [0.2, 0.25) is 5.95 Å². The van der Waals surface area contributed by atoms with Crippen LogP contribution in [-0.2, 0) is 7.05 Å². The van der Waals surface area contributed by atoms with Crippen molar-refractivity contribution in [2.75, 3.05) is 5.32 Å². The van der Waals surface area contributed by atoms with E-state index < -0.39 is 5.95 Å². The number of pyridine rings is 2. The van der Waals surface area contributed by atoms with Crippen molar-refractivity contribution in [3.8, 4) is 23.0 Å². The van der Waals surface area contributed by atoms with Crippen molar-refractivity contribution >= 4 is 33.5 Å². The highest BCUT2D eigenvalue weighted by Gasteiger charge is 2.13. The van der Waals surface area contributed by atoms with Gasteiger partial charge in [0.1, 0.15) is 5.65 Å². The second-order valence-corrected chi connectivity index (χ2v) is 9.13. The smallest absolute Gasteiger partial charge is 0.255 e. The molecule has 6 rings (SSSR count). The third-order valence-corrected chi connectivity index (χ3v) is 6.53. The number of rotatable bonds is 3. The lowest BCUT2D eigenvalue weighted by molar-refractivity contribution is 0.102. The van der Waals surface area contributed by atoms with Crippen LogP contribution in [0.1, 0.15) is 27.0 Å². The van der Waals surface area contributed by atoms with Crippen molar-refractivity contribution in [1.29, 1.82) is 0 Å². The molecule has 2 aromatic carbocycles. The van der Waals surface area contributed by atoms with Crippen LogP contribution < -0.4 is 5.32 Å². The molecule has 0 fully saturated rings. The van der Waals surface area contributed by atoms with Crippen molar-refractivity contribution in [3.63, 3.8) is 0 Å². The number of nitrogens with one attached hydrogen (secondary N) is 2. The van der Waals surface area contributed by atoms with Gasteiger partial charge in [0, 0.05) is 76.1 Å². The summed E-state index contributed by atoms with van der Waals surface area (Å²) >= 11 is 0. The molecule has 0 aliphatic heterocycles. The van der Waals surface area contributed by atoms with Gasteiger partial charge in [-0.15, -0.1) is 0 Å². The Morgan fingerprint density at radius 3 is 2.74 bits per heavy atom. The second-order valence-electron chi connectivity index (χ2n) is 9.13. The summed E-state index contributed by atoms with van der Waals surface area (Å²) in [5.74, 6) is 5.61. The van der Waals surface area contributed by atoms with Crippen LogP contribution >= 0.6 is 0 Å². The van der Waals surface area contributed by atoms with Crippen LogP contribution in [0.15, 0.2) is 85.5 Å². The number of aryl methyl sites for hydroxylation is 2. The van der Waals surface area contributed by atoms with Crippen molar-refractivity contribution in [3.05, 3.63) is 114 Å². The van der Waals surface area contributed by atoms with Crippen molar-refractivity contribution in [2.45, 2.75) is 6.92 Å². The first-order chi connectivity index (χ1) is 18.4. The third-order valence-electron chi connectivity index (χ3n) is 6.53. The Hall–Kier alpha value is -5.22. The van der Waals surface area contributed by atoms with E-state index in [1.54, 1.807) is 24.4 Å². The molecule has 0 bridgehead atoms. The Balaban J connectivity index is 1.25. The summed E-state index contributed by atoms with van der Waals surface area (Å²) in [4.78, 5) is 24.3. The van der Waals surface area contributed by atoms with E-state index >= 15 is 0 Å². The first-order valence-corrected chi connectivity index (χ1v) is 12.0. The van der Waals surface area contributed by atoms with Crippen LogP contribution in [0.25, 0.3) is 33.1 Å². The highest BCUT2D eigenvalue weighted by molar-refractivity contribution is 6.06. The summed E-state index contributed by atoms with van der Waals surface area (Å²) in [6.45, 7) is 1.97. The number of fused-ring (bicyclic) bond motifs is 2. The Labute approximate surface area is 218 Å². The number of carbonyl (C=O) groups excluding carboxylic acids is 1. The minimum atomic E-state index is -0.514. The maximum atomic E-state index is 13.3. The number of H-pyrrole nitrogens is 1. The first-order valence-electron chi connectivity index (χ1n) is 12.0. The molecule has 0 saturated heterocycles. The predicted molar refractivity (Wildman–Crippen MR) is 147 cm³/mol. The monoisotopic (exact) mass is 499 g/mol. The van der Waals surface area contributed by atoms with Crippen LogP contribution in [0.5, 0.6) is 0 Å². The Morgan fingerprint density at radius 1 is 1.00 bits per heavy atom. The Morgan fingerprint density at radius 2 is 1.89 bits per heavy atom. The minimum absolute atomic E-state index is 0.222. The van der Waals surface area contributed by atoms with Crippen LogP contribution in [-0.4, -0.2) is 25.4 Å².